The van der Waals surface area contributed by atoms with Gasteiger partial charge in [0.25, 0.3) is 0 Å². The van der Waals surface area contributed by atoms with Gasteiger partial charge in [-0.3, -0.25) is 4.90 Å². The van der Waals surface area contributed by atoms with Crippen LogP contribution in [0.3, 0.4) is 0 Å². The molecule has 1 heterocycles. The van der Waals surface area contributed by atoms with Crippen molar-refractivity contribution in [3.05, 3.63) is 0 Å². The standard InChI is InChI=1S/C17H34N2/c1-6-17(7-2)12-19(14(4)11-18-17)16-10-8-9-13(3)15(16)5/h13-16,18H,6-12H2,1-5H3. The van der Waals surface area contributed by atoms with Crippen LogP contribution in [-0.2, 0) is 0 Å². The molecule has 0 bridgehead atoms. The second kappa shape index (κ2) is 6.13. The summed E-state index contributed by atoms with van der Waals surface area (Å²) in [5.74, 6) is 1.76. The minimum Gasteiger partial charge on any atom is -0.308 e. The minimum atomic E-state index is 0.368. The Bertz CT molecular complexity index is 285. The molecule has 2 rings (SSSR count). The molecular weight excluding hydrogens is 232 g/mol. The summed E-state index contributed by atoms with van der Waals surface area (Å²) < 4.78 is 0. The van der Waals surface area contributed by atoms with E-state index < -0.39 is 0 Å². The van der Waals surface area contributed by atoms with Gasteiger partial charge in [-0.05, 0) is 38.0 Å². The molecule has 4 atom stereocenters. The minimum absolute atomic E-state index is 0.368. The highest BCUT2D eigenvalue weighted by Gasteiger charge is 2.41. The van der Waals surface area contributed by atoms with Crippen molar-refractivity contribution in [2.45, 2.75) is 84.3 Å². The summed E-state index contributed by atoms with van der Waals surface area (Å²) in [4.78, 5) is 2.85. The van der Waals surface area contributed by atoms with Crippen molar-refractivity contribution in [2.75, 3.05) is 13.1 Å². The van der Waals surface area contributed by atoms with Gasteiger partial charge in [-0.15, -0.1) is 0 Å². The quantitative estimate of drug-likeness (QED) is 0.838. The van der Waals surface area contributed by atoms with Crippen LogP contribution >= 0.6 is 0 Å². The highest BCUT2D eigenvalue weighted by atomic mass is 15.3. The van der Waals surface area contributed by atoms with E-state index in [0.717, 1.165) is 17.9 Å². The maximum absolute atomic E-state index is 3.84. The fourth-order valence-electron chi connectivity index (χ4n) is 4.23. The van der Waals surface area contributed by atoms with E-state index in [1.54, 1.807) is 0 Å². The van der Waals surface area contributed by atoms with Gasteiger partial charge in [0.15, 0.2) is 0 Å². The zero-order valence-electron chi connectivity index (χ0n) is 13.7. The first-order valence-electron chi connectivity index (χ1n) is 8.53. The van der Waals surface area contributed by atoms with E-state index in [1.807, 2.05) is 0 Å². The van der Waals surface area contributed by atoms with Gasteiger partial charge < -0.3 is 5.32 Å². The number of nitrogens with zero attached hydrogens (tertiary/aromatic N) is 1. The smallest absolute Gasteiger partial charge is 0.0304 e. The van der Waals surface area contributed by atoms with Gasteiger partial charge in [-0.2, -0.15) is 0 Å². The summed E-state index contributed by atoms with van der Waals surface area (Å²) in [5, 5.41) is 3.84. The Morgan fingerprint density at radius 2 is 1.79 bits per heavy atom. The summed E-state index contributed by atoms with van der Waals surface area (Å²) in [6.45, 7) is 14.5. The fourth-order valence-corrected chi connectivity index (χ4v) is 4.23. The van der Waals surface area contributed by atoms with E-state index in [1.165, 1.54) is 45.2 Å². The Morgan fingerprint density at radius 3 is 2.42 bits per heavy atom. The lowest BCUT2D eigenvalue weighted by Gasteiger charge is -2.52. The Balaban J connectivity index is 2.12. The van der Waals surface area contributed by atoms with E-state index in [0.29, 0.717) is 11.6 Å². The molecule has 2 heteroatoms. The third-order valence-corrected chi connectivity index (χ3v) is 6.27. The topological polar surface area (TPSA) is 15.3 Å². The van der Waals surface area contributed by atoms with Crippen LogP contribution in [0.25, 0.3) is 0 Å². The van der Waals surface area contributed by atoms with Crippen LogP contribution in [0.5, 0.6) is 0 Å². The summed E-state index contributed by atoms with van der Waals surface area (Å²) in [6, 6.07) is 1.52. The predicted molar refractivity (Wildman–Crippen MR) is 83.5 cm³/mol. The maximum Gasteiger partial charge on any atom is 0.0304 e. The molecule has 1 saturated carbocycles. The van der Waals surface area contributed by atoms with E-state index in [9.17, 15) is 0 Å². The molecule has 2 nitrogen and oxygen atoms in total. The normalized spacial score (nSPS) is 40.3. The lowest BCUT2D eigenvalue weighted by Crippen LogP contribution is -2.66. The SMILES string of the molecule is CCC1(CC)CN(C2CCCC(C)C2C)C(C)CN1. The second-order valence-electron chi connectivity index (χ2n) is 7.22. The average Bonchev–Trinajstić information content (AvgIpc) is 2.43. The van der Waals surface area contributed by atoms with Gasteiger partial charge in [0.1, 0.15) is 0 Å². The van der Waals surface area contributed by atoms with Crippen molar-refractivity contribution < 1.29 is 0 Å². The number of piperazine rings is 1. The van der Waals surface area contributed by atoms with Gasteiger partial charge in [0, 0.05) is 30.7 Å². The van der Waals surface area contributed by atoms with Gasteiger partial charge >= 0.3 is 0 Å². The molecule has 112 valence electrons. The molecule has 2 aliphatic rings. The van der Waals surface area contributed by atoms with Crippen LogP contribution in [0.15, 0.2) is 0 Å². The highest BCUT2D eigenvalue weighted by Crippen LogP contribution is 2.36. The van der Waals surface area contributed by atoms with E-state index in [-0.39, 0.29) is 0 Å². The monoisotopic (exact) mass is 266 g/mol. The Kier molecular flexibility index (Phi) is 4.94. The van der Waals surface area contributed by atoms with E-state index in [2.05, 4.69) is 44.8 Å². The van der Waals surface area contributed by atoms with Crippen LogP contribution in [-0.4, -0.2) is 35.6 Å². The van der Waals surface area contributed by atoms with Gasteiger partial charge in [0.2, 0.25) is 0 Å². The molecule has 0 aromatic heterocycles. The van der Waals surface area contributed by atoms with Crippen molar-refractivity contribution in [2.24, 2.45) is 11.8 Å². The first-order valence-corrected chi connectivity index (χ1v) is 8.53. The first kappa shape index (κ1) is 15.3. The first-order chi connectivity index (χ1) is 9.03. The van der Waals surface area contributed by atoms with Crippen molar-refractivity contribution in [3.63, 3.8) is 0 Å². The van der Waals surface area contributed by atoms with Crippen molar-refractivity contribution in [1.29, 1.82) is 0 Å². The molecule has 1 saturated heterocycles. The van der Waals surface area contributed by atoms with Gasteiger partial charge in [-0.25, -0.2) is 0 Å². The molecule has 0 aromatic rings. The van der Waals surface area contributed by atoms with Gasteiger partial charge in [-0.1, -0.05) is 40.5 Å². The third kappa shape index (κ3) is 3.00. The zero-order chi connectivity index (χ0) is 14.0. The molecular formula is C17H34N2. The molecule has 0 aromatic carbocycles. The predicted octanol–water partition coefficient (Wildman–Crippen LogP) is 3.66. The van der Waals surface area contributed by atoms with Crippen LogP contribution in [0.2, 0.25) is 0 Å². The Morgan fingerprint density at radius 1 is 1.11 bits per heavy atom. The molecule has 1 aliphatic carbocycles. The molecule has 1 aliphatic heterocycles. The van der Waals surface area contributed by atoms with Crippen molar-refractivity contribution >= 4 is 0 Å². The molecule has 0 spiro atoms. The summed E-state index contributed by atoms with van der Waals surface area (Å²) in [5.41, 5.74) is 0.368. The van der Waals surface area contributed by atoms with Crippen LogP contribution in [0.1, 0.15) is 66.7 Å². The van der Waals surface area contributed by atoms with Crippen LogP contribution in [0.4, 0.5) is 0 Å². The Labute approximate surface area is 120 Å². The van der Waals surface area contributed by atoms with Crippen molar-refractivity contribution in [1.82, 2.24) is 10.2 Å². The largest absolute Gasteiger partial charge is 0.308 e. The maximum atomic E-state index is 3.84. The molecule has 4 unspecified atom stereocenters. The van der Waals surface area contributed by atoms with E-state index >= 15 is 0 Å². The number of hydrogen-bond donors (Lipinski definition) is 1. The molecule has 1 N–H and O–H groups in total. The lowest BCUT2D eigenvalue weighted by molar-refractivity contribution is -0.00325. The summed E-state index contributed by atoms with van der Waals surface area (Å²) >= 11 is 0. The summed E-state index contributed by atoms with van der Waals surface area (Å²) in [7, 11) is 0. The fraction of sp³-hybridized carbons (Fsp3) is 1.00. The number of nitrogens with one attached hydrogen (secondary N) is 1. The zero-order valence-corrected chi connectivity index (χ0v) is 13.7. The third-order valence-electron chi connectivity index (χ3n) is 6.27. The molecule has 0 amide bonds. The van der Waals surface area contributed by atoms with Crippen LogP contribution < -0.4 is 5.32 Å². The van der Waals surface area contributed by atoms with Crippen molar-refractivity contribution in [3.8, 4) is 0 Å². The summed E-state index contributed by atoms with van der Waals surface area (Å²) in [6.07, 6.45) is 6.79. The lowest BCUT2D eigenvalue weighted by atomic mass is 9.75. The van der Waals surface area contributed by atoms with Gasteiger partial charge in [0.05, 0.1) is 0 Å². The number of hydrogen-bond acceptors (Lipinski definition) is 2. The molecule has 0 radical (unpaired) electrons. The highest BCUT2D eigenvalue weighted by molar-refractivity contribution is 4.99. The number of rotatable bonds is 3. The average molecular weight is 266 g/mol. The molecule has 19 heavy (non-hydrogen) atoms. The molecule has 2 fully saturated rings. The Hall–Kier alpha value is -0.0800. The second-order valence-corrected chi connectivity index (χ2v) is 7.22. The van der Waals surface area contributed by atoms with Crippen LogP contribution in [0, 0.1) is 11.8 Å². The van der Waals surface area contributed by atoms with E-state index in [4.69, 9.17) is 0 Å².